The van der Waals surface area contributed by atoms with Crippen LogP contribution < -0.4 is 39.7 Å². The molecular formula is C53H95N7O14S. The summed E-state index contributed by atoms with van der Waals surface area (Å²) in [4.78, 5) is 13.3. The number of carbonyl (C=O) groups is 1. The van der Waals surface area contributed by atoms with Gasteiger partial charge in [0.05, 0.1) is 24.3 Å². The third-order valence-corrected chi connectivity index (χ3v) is 20.6. The van der Waals surface area contributed by atoms with Crippen molar-refractivity contribution in [1.82, 2.24) is 5.32 Å². The molecule has 27 atom stereocenters. The summed E-state index contributed by atoms with van der Waals surface area (Å²) in [6.07, 6.45) is -4.58. The van der Waals surface area contributed by atoms with E-state index in [1.54, 1.807) is 0 Å². The van der Waals surface area contributed by atoms with Gasteiger partial charge in [-0.1, -0.05) is 65.5 Å². The minimum absolute atomic E-state index is 0.0883. The first-order valence-corrected chi connectivity index (χ1v) is 29.4. The maximum atomic E-state index is 13.3. The van der Waals surface area contributed by atoms with Crippen molar-refractivity contribution in [1.29, 1.82) is 0 Å². The monoisotopic (exact) mass is 1090 g/mol. The number of hydrogen-bond acceptors (Lipinski definition) is 21. The molecule has 0 radical (unpaired) electrons. The molecule has 75 heavy (non-hydrogen) atoms. The number of nitrogens with two attached hydrogens (primary N) is 6. The molecule has 0 aromatic heterocycles. The first-order valence-electron chi connectivity index (χ1n) is 28.3. The molecule has 1 amide bonds. The second kappa shape index (κ2) is 25.2. The van der Waals surface area contributed by atoms with Gasteiger partial charge in [0.1, 0.15) is 67.1 Å². The number of hydrogen-bond donors (Lipinski definition) is 13. The van der Waals surface area contributed by atoms with Gasteiger partial charge in [0.2, 0.25) is 0 Å². The predicted octanol–water partition coefficient (Wildman–Crippen LogP) is -0.0182. The third kappa shape index (κ3) is 12.4. The van der Waals surface area contributed by atoms with E-state index in [0.29, 0.717) is 17.1 Å². The van der Waals surface area contributed by atoms with E-state index in [1.165, 1.54) is 62.3 Å². The smallest absolute Gasteiger partial charge is 0.407 e. The van der Waals surface area contributed by atoms with E-state index >= 15 is 0 Å². The van der Waals surface area contributed by atoms with E-state index in [9.17, 15) is 35.4 Å². The number of ether oxygens (including phenoxy) is 7. The van der Waals surface area contributed by atoms with Crippen LogP contribution in [0.15, 0.2) is 11.6 Å². The maximum absolute atomic E-state index is 13.3. The molecule has 3 saturated heterocycles. The number of carbonyl (C=O) groups excluding carboxylic acids is 1. The van der Waals surface area contributed by atoms with Crippen LogP contribution >= 0.6 is 11.8 Å². The van der Waals surface area contributed by atoms with Gasteiger partial charge < -0.3 is 104 Å². The number of allylic oxidation sites excluding steroid dienone is 1. The standard InChI is InChI=1S/C53H95N7O14S/c1-24(2)7-6-8-25(3)29-11-12-30-28-10-9-26-19-27(13-15-52(26,4)31(28)14-16-53(29,30)5)68-51(67)60-17-18-75-23-36-46(73-49-38(59)43(65)41(63)35(22-55)70-49)44(66)50(71-36)74-47-39(61)32(56)20-33(57)45(47)72-48-37(58)42(64)40(62)34(21-54)69-48/h9,24-25,27-50,61-66H,6-8,10-23,54-59H2,1-5H3,(H,60,67)/t25-,27?,28?,29?,30?,31?,32-,33?,34?,35?,36-,37?,38-,39?,40-,41-,42-,43?,44?,45-,46+,47-,48-,49-,50+,52+,53-/m1/s1. The second-order valence-corrected chi connectivity index (χ2v) is 25.8. The Kier molecular flexibility index (Phi) is 20.1. The van der Waals surface area contributed by atoms with Gasteiger partial charge in [-0.3, -0.25) is 0 Å². The summed E-state index contributed by atoms with van der Waals surface area (Å²) in [6, 6.07) is -4.24. The van der Waals surface area contributed by atoms with Crippen LogP contribution in [0.5, 0.6) is 0 Å². The summed E-state index contributed by atoms with van der Waals surface area (Å²) < 4.78 is 42.9. The van der Waals surface area contributed by atoms with Crippen molar-refractivity contribution < 1.29 is 68.6 Å². The van der Waals surface area contributed by atoms with Crippen LogP contribution in [0.2, 0.25) is 0 Å². The Morgan fingerprint density at radius 1 is 0.733 bits per heavy atom. The fourth-order valence-electron chi connectivity index (χ4n) is 15.1. The summed E-state index contributed by atoms with van der Waals surface area (Å²) in [5.74, 6) is 5.15. The number of rotatable bonds is 19. The number of nitrogens with one attached hydrogen (secondary N) is 1. The number of fused-ring (bicyclic) bond motifs is 5. The SMILES string of the molecule is CC(C)CCC[C@@H](C)C1CCC2C3CC=C4CC(OC(=O)NCCSC[C@H]5O[C@@H](O[C@@H]6C(O)[C@H](N)CC(N)[C@H]6O[C@H]6OC(CN)[C@@H](O)[C@H](O)C6N)C(O)[C@H]5O[C@H]5OC(CN)[C@@H](O)C(O)[C@H]5N)CC[C@]4(C)C3CC[C@@]21C. The van der Waals surface area contributed by atoms with E-state index in [0.717, 1.165) is 55.3 Å². The molecule has 0 aromatic rings. The molecule has 8 rings (SSSR count). The van der Waals surface area contributed by atoms with Crippen molar-refractivity contribution in [3.05, 3.63) is 11.6 Å². The number of alkyl carbamates (subject to hydrolysis) is 1. The molecule has 12 unspecified atom stereocenters. The lowest BCUT2D eigenvalue weighted by molar-refractivity contribution is -0.306. The van der Waals surface area contributed by atoms with Gasteiger partial charge >= 0.3 is 6.09 Å². The summed E-state index contributed by atoms with van der Waals surface area (Å²) in [7, 11) is 0. The lowest BCUT2D eigenvalue weighted by atomic mass is 9.47. The van der Waals surface area contributed by atoms with Crippen LogP contribution in [0.3, 0.4) is 0 Å². The highest BCUT2D eigenvalue weighted by atomic mass is 32.2. The molecule has 0 spiro atoms. The predicted molar refractivity (Wildman–Crippen MR) is 280 cm³/mol. The Balaban J connectivity index is 0.859. The van der Waals surface area contributed by atoms with Crippen molar-refractivity contribution in [3.63, 3.8) is 0 Å². The molecule has 432 valence electrons. The van der Waals surface area contributed by atoms with Crippen LogP contribution in [0.25, 0.3) is 0 Å². The Morgan fingerprint density at radius 3 is 2.00 bits per heavy atom. The fourth-order valence-corrected chi connectivity index (χ4v) is 16.0. The molecule has 3 aliphatic heterocycles. The molecule has 8 aliphatic rings. The molecule has 19 N–H and O–H groups in total. The summed E-state index contributed by atoms with van der Waals surface area (Å²) >= 11 is 1.39. The summed E-state index contributed by atoms with van der Waals surface area (Å²) in [5, 5.41) is 68.7. The van der Waals surface area contributed by atoms with Gasteiger partial charge in [0.15, 0.2) is 18.9 Å². The summed E-state index contributed by atoms with van der Waals surface area (Å²) in [5.41, 5.74) is 39.0. The fraction of sp³-hybridized carbons (Fsp3) is 0.943. The largest absolute Gasteiger partial charge is 0.446 e. The highest BCUT2D eigenvalue weighted by Crippen LogP contribution is 2.67. The summed E-state index contributed by atoms with van der Waals surface area (Å²) in [6.45, 7) is 12.3. The molecular weight excluding hydrogens is 991 g/mol. The van der Waals surface area contributed by atoms with Gasteiger partial charge in [0.25, 0.3) is 0 Å². The average Bonchev–Trinajstić information content (AvgIpc) is 3.91. The quantitative estimate of drug-likeness (QED) is 0.0597. The first kappa shape index (κ1) is 59.8. The Hall–Kier alpha value is -1.36. The van der Waals surface area contributed by atoms with E-state index in [-0.39, 0.29) is 43.3 Å². The zero-order valence-corrected chi connectivity index (χ0v) is 45.7. The molecule has 21 nitrogen and oxygen atoms in total. The van der Waals surface area contributed by atoms with Crippen molar-refractivity contribution in [2.24, 2.45) is 80.7 Å². The van der Waals surface area contributed by atoms with Crippen LogP contribution in [0.1, 0.15) is 112 Å². The van der Waals surface area contributed by atoms with Crippen LogP contribution in [0, 0.1) is 46.3 Å². The Bertz CT molecular complexity index is 1900. The first-order chi connectivity index (χ1) is 35.6. The Labute approximate surface area is 447 Å². The lowest BCUT2D eigenvalue weighted by Gasteiger charge is -2.58. The average molecular weight is 1090 g/mol. The number of amides is 1. The van der Waals surface area contributed by atoms with Crippen molar-refractivity contribution in [2.45, 2.75) is 234 Å². The normalized spacial score (nSPS) is 48.4. The molecule has 7 fully saturated rings. The number of thioether (sulfide) groups is 1. The van der Waals surface area contributed by atoms with Crippen molar-refractivity contribution in [3.8, 4) is 0 Å². The maximum Gasteiger partial charge on any atom is 0.407 e. The Morgan fingerprint density at radius 2 is 1.36 bits per heavy atom. The zero-order valence-electron chi connectivity index (χ0n) is 44.9. The van der Waals surface area contributed by atoms with E-state index in [1.807, 2.05) is 0 Å². The van der Waals surface area contributed by atoms with Gasteiger partial charge in [0, 0.05) is 49.6 Å². The molecule has 22 heteroatoms. The second-order valence-electron chi connectivity index (χ2n) is 24.6. The molecule has 0 bridgehead atoms. The van der Waals surface area contributed by atoms with Gasteiger partial charge in [-0.05, 0) is 97.7 Å². The van der Waals surface area contributed by atoms with Gasteiger partial charge in [-0.15, -0.1) is 0 Å². The third-order valence-electron chi connectivity index (χ3n) is 19.5. The minimum Gasteiger partial charge on any atom is -0.446 e. The van der Waals surface area contributed by atoms with Crippen LogP contribution in [-0.4, -0.2) is 190 Å². The minimum atomic E-state index is -1.57. The van der Waals surface area contributed by atoms with E-state index in [2.05, 4.69) is 46.0 Å². The molecule has 3 heterocycles. The van der Waals surface area contributed by atoms with Crippen LogP contribution in [-0.2, 0) is 33.2 Å². The van der Waals surface area contributed by atoms with Gasteiger partial charge in [-0.25, -0.2) is 4.79 Å². The number of aliphatic hydroxyl groups is 6. The van der Waals surface area contributed by atoms with E-state index < -0.39 is 122 Å². The zero-order chi connectivity index (χ0) is 54.3. The van der Waals surface area contributed by atoms with Crippen molar-refractivity contribution in [2.75, 3.05) is 31.1 Å². The lowest BCUT2D eigenvalue weighted by Crippen LogP contribution is -2.68. The topological polar surface area (TPSA) is 371 Å². The van der Waals surface area contributed by atoms with Crippen LogP contribution in [0.4, 0.5) is 4.79 Å². The highest BCUT2D eigenvalue weighted by molar-refractivity contribution is 7.99. The van der Waals surface area contributed by atoms with Crippen molar-refractivity contribution >= 4 is 17.9 Å². The van der Waals surface area contributed by atoms with E-state index in [4.69, 9.17) is 67.6 Å². The van der Waals surface area contributed by atoms with Gasteiger partial charge in [-0.2, -0.15) is 11.8 Å². The highest BCUT2D eigenvalue weighted by Gasteiger charge is 2.60. The number of aliphatic hydroxyl groups excluding tert-OH is 6. The molecule has 0 aromatic carbocycles. The molecule has 5 aliphatic carbocycles. The molecule has 4 saturated carbocycles.